The van der Waals surface area contributed by atoms with Crippen LogP contribution >= 0.6 is 22.6 Å². The summed E-state index contributed by atoms with van der Waals surface area (Å²) in [5.41, 5.74) is 6.84. The quantitative estimate of drug-likeness (QED) is 0.422. The lowest BCUT2D eigenvalue weighted by Gasteiger charge is -2.23. The molecule has 1 N–H and O–H groups in total. The highest BCUT2D eigenvalue weighted by atomic mass is 127. The van der Waals surface area contributed by atoms with E-state index in [0.717, 1.165) is 26.3 Å². The lowest BCUT2D eigenvalue weighted by molar-refractivity contribution is 0.102. The molecule has 0 saturated carbocycles. The molecule has 5 heteroatoms. The molecule has 0 spiro atoms. The van der Waals surface area contributed by atoms with Gasteiger partial charge >= 0.3 is 0 Å². The van der Waals surface area contributed by atoms with Gasteiger partial charge in [-0.05, 0) is 96.1 Å². The topological polar surface area (TPSA) is 44.7 Å². The lowest BCUT2D eigenvalue weighted by atomic mass is 10.1. The number of rotatable bonds is 3. The maximum Gasteiger partial charge on any atom is 0.256 e. The fourth-order valence-electron chi connectivity index (χ4n) is 3.24. The number of nitrogens with zero attached hydrogens (tertiary/aromatic N) is 2. The molecular formula is C24H20IN3O. The molecule has 0 aliphatic carbocycles. The lowest BCUT2D eigenvalue weighted by Crippen LogP contribution is -2.13. The maximum atomic E-state index is 12.5. The second-order valence-electron chi connectivity index (χ2n) is 6.85. The first-order valence-corrected chi connectivity index (χ1v) is 10.4. The molecule has 0 radical (unpaired) electrons. The molecule has 29 heavy (non-hydrogen) atoms. The van der Waals surface area contributed by atoms with Gasteiger partial charge in [-0.25, -0.2) is 0 Å². The molecule has 0 unspecified atom stereocenters. The number of benzene rings is 3. The van der Waals surface area contributed by atoms with E-state index in [1.54, 1.807) is 0 Å². The molecule has 4 nitrogen and oxygen atoms in total. The first kappa shape index (κ1) is 19.4. The molecule has 0 atom stereocenters. The minimum Gasteiger partial charge on any atom is -0.322 e. The summed E-state index contributed by atoms with van der Waals surface area (Å²) < 4.78 is 0.927. The SMILES string of the molecule is Cc1ccc2c(c1C)N=CC=CN2c1ccc(NC(=O)c2ccccc2I)cc1. The van der Waals surface area contributed by atoms with Crippen molar-refractivity contribution in [1.29, 1.82) is 0 Å². The van der Waals surface area contributed by atoms with Crippen LogP contribution in [0.4, 0.5) is 22.7 Å². The maximum absolute atomic E-state index is 12.5. The van der Waals surface area contributed by atoms with Crippen molar-refractivity contribution in [2.24, 2.45) is 4.99 Å². The number of hydrogen-bond donors (Lipinski definition) is 1. The molecule has 0 fully saturated rings. The Labute approximate surface area is 184 Å². The average molecular weight is 493 g/mol. The summed E-state index contributed by atoms with van der Waals surface area (Å²) in [4.78, 5) is 19.3. The standard InChI is InChI=1S/C24H20IN3O/c1-16-8-13-22-23(17(16)2)26-14-5-15-28(22)19-11-9-18(10-12-19)27-24(29)20-6-3-4-7-21(20)25/h3-15H,1-2H3,(H,27,29). The van der Waals surface area contributed by atoms with Crippen molar-refractivity contribution in [2.45, 2.75) is 13.8 Å². The predicted octanol–water partition coefficient (Wildman–Crippen LogP) is 6.53. The van der Waals surface area contributed by atoms with Crippen molar-refractivity contribution >= 4 is 57.5 Å². The van der Waals surface area contributed by atoms with Crippen LogP contribution in [-0.2, 0) is 0 Å². The molecular weight excluding hydrogens is 473 g/mol. The molecule has 3 aromatic carbocycles. The van der Waals surface area contributed by atoms with Gasteiger partial charge in [0.1, 0.15) is 0 Å². The predicted molar refractivity (Wildman–Crippen MR) is 129 cm³/mol. The van der Waals surface area contributed by atoms with Gasteiger partial charge in [0.15, 0.2) is 0 Å². The smallest absolute Gasteiger partial charge is 0.256 e. The Morgan fingerprint density at radius 1 is 1.00 bits per heavy atom. The highest BCUT2D eigenvalue weighted by Crippen LogP contribution is 2.39. The number of halogens is 1. The van der Waals surface area contributed by atoms with Gasteiger partial charge in [-0.2, -0.15) is 0 Å². The van der Waals surface area contributed by atoms with Crippen molar-refractivity contribution in [3.8, 4) is 0 Å². The molecule has 1 aliphatic heterocycles. The monoisotopic (exact) mass is 493 g/mol. The largest absolute Gasteiger partial charge is 0.322 e. The average Bonchev–Trinajstić information content (AvgIpc) is 2.95. The van der Waals surface area contributed by atoms with Crippen molar-refractivity contribution in [3.63, 3.8) is 0 Å². The number of nitrogens with one attached hydrogen (secondary N) is 1. The van der Waals surface area contributed by atoms with E-state index in [4.69, 9.17) is 0 Å². The van der Waals surface area contributed by atoms with Crippen LogP contribution in [0.15, 0.2) is 77.9 Å². The van der Waals surface area contributed by atoms with E-state index in [2.05, 4.69) is 63.8 Å². The number of aliphatic imine (C=N–C) groups is 1. The summed E-state index contributed by atoms with van der Waals surface area (Å²) in [7, 11) is 0. The van der Waals surface area contributed by atoms with Crippen molar-refractivity contribution in [2.75, 3.05) is 10.2 Å². The van der Waals surface area contributed by atoms with Crippen molar-refractivity contribution in [1.82, 2.24) is 0 Å². The highest BCUT2D eigenvalue weighted by molar-refractivity contribution is 14.1. The molecule has 1 amide bonds. The number of carbonyl (C=O) groups excluding carboxylic acids is 1. The Hall–Kier alpha value is -2.93. The van der Waals surface area contributed by atoms with E-state index in [-0.39, 0.29) is 5.91 Å². The van der Waals surface area contributed by atoms with E-state index >= 15 is 0 Å². The number of carbonyl (C=O) groups is 1. The number of anilines is 3. The Kier molecular flexibility index (Phi) is 5.49. The Balaban J connectivity index is 1.60. The van der Waals surface area contributed by atoms with Gasteiger partial charge in [-0.1, -0.05) is 18.2 Å². The normalized spacial score (nSPS) is 12.4. The molecule has 3 aromatic rings. The van der Waals surface area contributed by atoms with Gasteiger partial charge in [0.2, 0.25) is 0 Å². The summed E-state index contributed by atoms with van der Waals surface area (Å²) in [6.07, 6.45) is 5.76. The van der Waals surface area contributed by atoms with Crippen LogP contribution < -0.4 is 10.2 Å². The van der Waals surface area contributed by atoms with Gasteiger partial charge in [0.25, 0.3) is 5.91 Å². The zero-order valence-electron chi connectivity index (χ0n) is 16.2. The van der Waals surface area contributed by atoms with E-state index in [9.17, 15) is 4.79 Å². The number of aryl methyl sites for hydroxylation is 1. The second kappa shape index (κ2) is 8.21. The van der Waals surface area contributed by atoms with Gasteiger partial charge in [-0.15, -0.1) is 0 Å². The highest BCUT2D eigenvalue weighted by Gasteiger charge is 2.16. The Bertz CT molecular complexity index is 1130. The van der Waals surface area contributed by atoms with Crippen molar-refractivity contribution in [3.05, 3.63) is 93.2 Å². The number of amides is 1. The minimum atomic E-state index is -0.109. The summed E-state index contributed by atoms with van der Waals surface area (Å²) >= 11 is 2.17. The third kappa shape index (κ3) is 3.96. The van der Waals surface area contributed by atoms with Gasteiger partial charge in [-0.3, -0.25) is 9.79 Å². The van der Waals surface area contributed by atoms with Crippen LogP contribution in [-0.4, -0.2) is 12.1 Å². The fourth-order valence-corrected chi connectivity index (χ4v) is 3.87. The van der Waals surface area contributed by atoms with Crippen LogP contribution in [0.1, 0.15) is 21.5 Å². The summed E-state index contributed by atoms with van der Waals surface area (Å²) in [6.45, 7) is 4.19. The molecule has 0 saturated heterocycles. The molecule has 1 aliphatic rings. The van der Waals surface area contributed by atoms with Crippen LogP contribution in [0.3, 0.4) is 0 Å². The van der Waals surface area contributed by atoms with Gasteiger partial charge < -0.3 is 10.2 Å². The molecule has 0 bridgehead atoms. The van der Waals surface area contributed by atoms with Crippen LogP contribution in [0.25, 0.3) is 0 Å². The van der Waals surface area contributed by atoms with E-state index < -0.39 is 0 Å². The second-order valence-corrected chi connectivity index (χ2v) is 8.01. The molecule has 0 aromatic heterocycles. The minimum absolute atomic E-state index is 0.109. The van der Waals surface area contributed by atoms with Crippen LogP contribution in [0.5, 0.6) is 0 Å². The van der Waals surface area contributed by atoms with E-state index in [0.29, 0.717) is 5.56 Å². The number of allylic oxidation sites excluding steroid dienone is 1. The van der Waals surface area contributed by atoms with Crippen molar-refractivity contribution < 1.29 is 4.79 Å². The first-order chi connectivity index (χ1) is 14.0. The van der Waals surface area contributed by atoms with E-state index in [1.165, 1.54) is 11.1 Å². The Morgan fingerprint density at radius 3 is 2.52 bits per heavy atom. The zero-order valence-corrected chi connectivity index (χ0v) is 18.3. The van der Waals surface area contributed by atoms with Crippen LogP contribution in [0.2, 0.25) is 0 Å². The summed E-state index contributed by atoms with van der Waals surface area (Å²) in [5.74, 6) is -0.109. The number of fused-ring (bicyclic) bond motifs is 1. The van der Waals surface area contributed by atoms with Crippen LogP contribution in [0, 0.1) is 17.4 Å². The molecule has 1 heterocycles. The summed E-state index contributed by atoms with van der Waals surface area (Å²) in [6, 6.07) is 19.6. The molecule has 4 rings (SSSR count). The zero-order chi connectivity index (χ0) is 20.4. The van der Waals surface area contributed by atoms with E-state index in [1.807, 2.05) is 67.0 Å². The first-order valence-electron chi connectivity index (χ1n) is 9.31. The third-order valence-corrected chi connectivity index (χ3v) is 5.93. The summed E-state index contributed by atoms with van der Waals surface area (Å²) in [5, 5.41) is 2.97. The van der Waals surface area contributed by atoms with Gasteiger partial charge in [0, 0.05) is 27.4 Å². The van der Waals surface area contributed by atoms with Gasteiger partial charge in [0.05, 0.1) is 16.9 Å². The fraction of sp³-hybridized carbons (Fsp3) is 0.0833. The molecule has 144 valence electrons. The third-order valence-electron chi connectivity index (χ3n) is 4.99. The number of hydrogen-bond acceptors (Lipinski definition) is 3. The Morgan fingerprint density at radius 2 is 1.76 bits per heavy atom.